The van der Waals surface area contributed by atoms with Gasteiger partial charge in [-0.25, -0.2) is 0 Å². The quantitative estimate of drug-likeness (QED) is 0.586. The molecule has 0 aromatic heterocycles. The van der Waals surface area contributed by atoms with E-state index in [2.05, 4.69) is 52.0 Å². The Morgan fingerprint density at radius 3 is 1.94 bits per heavy atom. The fourth-order valence-corrected chi connectivity index (χ4v) is 1.41. The number of fused-ring (bicyclic) bond motifs is 1. The zero-order valence-corrected chi connectivity index (χ0v) is 16.9. The molecule has 0 nitrogen and oxygen atoms in total. The zero-order valence-electron chi connectivity index (χ0n) is 11.2. The van der Waals surface area contributed by atoms with Crippen LogP contribution < -0.4 is 0 Å². The van der Waals surface area contributed by atoms with Gasteiger partial charge in [0.25, 0.3) is 0 Å². The van der Waals surface area contributed by atoms with Crippen molar-refractivity contribution in [3.63, 3.8) is 0 Å². The van der Waals surface area contributed by atoms with Gasteiger partial charge in [-0.1, -0.05) is 37.5 Å². The van der Waals surface area contributed by atoms with Crippen LogP contribution in [0.1, 0.15) is 31.4 Å². The van der Waals surface area contributed by atoms with Gasteiger partial charge in [0.1, 0.15) is 0 Å². The van der Waals surface area contributed by atoms with Crippen LogP contribution in [0.2, 0.25) is 0 Å². The van der Waals surface area contributed by atoms with Crippen LogP contribution in [0, 0.1) is 19.9 Å². The van der Waals surface area contributed by atoms with Crippen LogP contribution in [0.3, 0.4) is 0 Å². The molecule has 2 aromatic rings. The summed E-state index contributed by atoms with van der Waals surface area (Å²) in [5, 5.41) is 2.58. The Kier molecular flexibility index (Phi) is 12.8. The van der Waals surface area contributed by atoms with E-state index in [9.17, 15) is 0 Å². The molecule has 2 rings (SSSR count). The maximum absolute atomic E-state index is 3.08. The van der Waals surface area contributed by atoms with Crippen molar-refractivity contribution >= 4 is 10.8 Å². The monoisotopic (exact) mass is 377 g/mol. The molecule has 2 heteroatoms. The van der Waals surface area contributed by atoms with Crippen molar-refractivity contribution < 1.29 is 65.4 Å². The Morgan fingerprint density at radius 2 is 1.41 bits per heavy atom. The molecule has 0 atom stereocenters. The Balaban J connectivity index is 0. The predicted molar refractivity (Wildman–Crippen MR) is 68.2 cm³/mol. The molecule has 0 aliphatic carbocycles. The summed E-state index contributed by atoms with van der Waals surface area (Å²) >= 11 is 0. The van der Waals surface area contributed by atoms with Crippen molar-refractivity contribution in [1.29, 1.82) is 0 Å². The molecule has 86 valence electrons. The molecule has 0 aliphatic rings. The molecule has 0 saturated carbocycles. The van der Waals surface area contributed by atoms with E-state index in [0.29, 0.717) is 0 Å². The van der Waals surface area contributed by atoms with Crippen LogP contribution in [0.15, 0.2) is 30.3 Å². The maximum Gasteiger partial charge on any atom is 0 e. The second kappa shape index (κ2) is 10.8. The van der Waals surface area contributed by atoms with Gasteiger partial charge in [0.2, 0.25) is 0 Å². The summed E-state index contributed by atoms with van der Waals surface area (Å²) in [6.45, 7) is 8.53. The smallest absolute Gasteiger partial charge is 0 e. The molecule has 17 heavy (non-hydrogen) atoms. The first-order valence-corrected chi connectivity index (χ1v) is 5.56. The normalized spacial score (nSPS) is 8.47. The van der Waals surface area contributed by atoms with Gasteiger partial charge in [-0.15, -0.1) is 16.8 Å². The Labute approximate surface area is 156 Å². The first-order chi connectivity index (χ1) is 7.19. The van der Waals surface area contributed by atoms with E-state index >= 15 is 0 Å². The topological polar surface area (TPSA) is 0 Å². The van der Waals surface area contributed by atoms with E-state index < -0.39 is 0 Å². The van der Waals surface area contributed by atoms with Crippen LogP contribution >= 0.6 is 0 Å². The second-order valence-electron chi connectivity index (χ2n) is 3.92. The summed E-state index contributed by atoms with van der Waals surface area (Å²) in [6, 6.07) is 13.6. The third-order valence-corrected chi connectivity index (χ3v) is 2.30. The summed E-state index contributed by atoms with van der Waals surface area (Å²) in [4.78, 5) is 0. The Hall–Kier alpha value is 0.908. The molecule has 0 spiro atoms. The standard InChI is InChI=1S/C12H11.C3H8.2Y/c1-9-7-11-5-3-4-6-12(11)8-10(9)2;1-3-2;;/h3,5-8H,1-2H3;3H2,1-2H3;;/q-1;;;. The minimum absolute atomic E-state index is 0. The summed E-state index contributed by atoms with van der Waals surface area (Å²) in [5.74, 6) is 0. The van der Waals surface area contributed by atoms with Crippen LogP contribution in [-0.4, -0.2) is 0 Å². The van der Waals surface area contributed by atoms with Crippen molar-refractivity contribution in [2.75, 3.05) is 0 Å². The molecule has 0 fully saturated rings. The molecule has 2 aromatic carbocycles. The van der Waals surface area contributed by atoms with Crippen LogP contribution in [-0.2, 0) is 65.4 Å². The van der Waals surface area contributed by atoms with Gasteiger partial charge in [-0.3, -0.25) is 0 Å². The van der Waals surface area contributed by atoms with E-state index in [0.717, 1.165) is 0 Å². The number of hydrogen-bond acceptors (Lipinski definition) is 0. The number of aryl methyl sites for hydroxylation is 2. The summed E-state index contributed by atoms with van der Waals surface area (Å²) in [6.07, 6.45) is 1.25. The molecule has 0 saturated heterocycles. The molecule has 0 N–H and O–H groups in total. The van der Waals surface area contributed by atoms with Crippen LogP contribution in [0.4, 0.5) is 0 Å². The van der Waals surface area contributed by atoms with Gasteiger partial charge in [0, 0.05) is 65.4 Å². The molecular weight excluding hydrogens is 358 g/mol. The minimum Gasteiger partial charge on any atom is -0.183 e. The summed E-state index contributed by atoms with van der Waals surface area (Å²) < 4.78 is 0. The van der Waals surface area contributed by atoms with Crippen molar-refractivity contribution in [2.24, 2.45) is 0 Å². The van der Waals surface area contributed by atoms with Crippen molar-refractivity contribution in [3.8, 4) is 0 Å². The SMILES string of the molecule is CCC.Cc1cc2c[c-]ccc2cc1C.[Y].[Y]. The summed E-state index contributed by atoms with van der Waals surface area (Å²) in [5.41, 5.74) is 2.70. The Morgan fingerprint density at radius 1 is 0.941 bits per heavy atom. The zero-order chi connectivity index (χ0) is 11.3. The van der Waals surface area contributed by atoms with E-state index in [1.165, 1.54) is 28.3 Å². The third kappa shape index (κ3) is 6.57. The van der Waals surface area contributed by atoms with Crippen molar-refractivity contribution in [2.45, 2.75) is 34.1 Å². The predicted octanol–water partition coefficient (Wildman–Crippen LogP) is 4.67. The van der Waals surface area contributed by atoms with Gasteiger partial charge in [-0.05, 0) is 13.8 Å². The minimum atomic E-state index is 0. The first kappa shape index (κ1) is 20.2. The summed E-state index contributed by atoms with van der Waals surface area (Å²) in [7, 11) is 0. The van der Waals surface area contributed by atoms with E-state index in [-0.39, 0.29) is 65.4 Å². The van der Waals surface area contributed by atoms with E-state index in [4.69, 9.17) is 0 Å². The van der Waals surface area contributed by atoms with E-state index in [1.807, 2.05) is 12.1 Å². The number of hydrogen-bond donors (Lipinski definition) is 0. The number of rotatable bonds is 0. The first-order valence-electron chi connectivity index (χ1n) is 5.56. The molecule has 0 heterocycles. The second-order valence-corrected chi connectivity index (χ2v) is 3.92. The molecule has 0 bridgehead atoms. The fourth-order valence-electron chi connectivity index (χ4n) is 1.41. The van der Waals surface area contributed by atoms with Gasteiger partial charge in [-0.2, -0.15) is 24.3 Å². The van der Waals surface area contributed by atoms with Crippen molar-refractivity contribution in [3.05, 3.63) is 47.5 Å². The average Bonchev–Trinajstić information content (AvgIpc) is 2.21. The fraction of sp³-hybridized carbons (Fsp3) is 0.333. The molecule has 0 aliphatic heterocycles. The van der Waals surface area contributed by atoms with Gasteiger partial charge in [0.05, 0.1) is 0 Å². The largest absolute Gasteiger partial charge is 0.183 e. The Bertz CT molecular complexity index is 395. The number of benzene rings is 2. The molecule has 0 unspecified atom stereocenters. The van der Waals surface area contributed by atoms with Crippen molar-refractivity contribution in [1.82, 2.24) is 0 Å². The molecule has 2 radical (unpaired) electrons. The third-order valence-electron chi connectivity index (χ3n) is 2.30. The average molecular weight is 377 g/mol. The molecule has 0 amide bonds. The van der Waals surface area contributed by atoms with E-state index in [1.54, 1.807) is 0 Å². The van der Waals surface area contributed by atoms with Gasteiger partial charge in [0.15, 0.2) is 0 Å². The maximum atomic E-state index is 3.08. The van der Waals surface area contributed by atoms with Gasteiger partial charge < -0.3 is 0 Å². The van der Waals surface area contributed by atoms with Crippen LogP contribution in [0.5, 0.6) is 0 Å². The molecular formula is C15H19Y2-. The van der Waals surface area contributed by atoms with Crippen LogP contribution in [0.25, 0.3) is 10.8 Å². The van der Waals surface area contributed by atoms with Gasteiger partial charge >= 0.3 is 0 Å².